The first kappa shape index (κ1) is 9.08. The summed E-state index contributed by atoms with van der Waals surface area (Å²) >= 11 is 3.28. The van der Waals surface area contributed by atoms with Gasteiger partial charge in [0, 0.05) is 23.7 Å². The Morgan fingerprint density at radius 2 is 2.14 bits per heavy atom. The van der Waals surface area contributed by atoms with Crippen molar-refractivity contribution < 1.29 is 4.92 Å². The van der Waals surface area contributed by atoms with E-state index >= 15 is 0 Å². The van der Waals surface area contributed by atoms with Gasteiger partial charge in [-0.1, -0.05) is 0 Å². The topological polar surface area (TPSA) is 56.0 Å². The first-order valence-corrected chi connectivity index (χ1v) is 4.66. The number of rotatable bonds is 1. The van der Waals surface area contributed by atoms with E-state index in [1.54, 1.807) is 18.3 Å². The van der Waals surface area contributed by atoms with E-state index in [4.69, 9.17) is 0 Å². The third-order valence-electron chi connectivity index (χ3n) is 1.91. The summed E-state index contributed by atoms with van der Waals surface area (Å²) in [5.41, 5.74) is 0.0931. The summed E-state index contributed by atoms with van der Waals surface area (Å²) in [7, 11) is 0. The maximum Gasteiger partial charge on any atom is 0.270 e. The SMILES string of the molecule is O=[N+]([O-])c1ccc2c(Br)nccc2c1. The van der Waals surface area contributed by atoms with Crippen LogP contribution < -0.4 is 0 Å². The highest BCUT2D eigenvalue weighted by Gasteiger charge is 2.07. The molecule has 1 heterocycles. The monoisotopic (exact) mass is 252 g/mol. The number of pyridine rings is 1. The Hall–Kier alpha value is -1.49. The van der Waals surface area contributed by atoms with E-state index in [-0.39, 0.29) is 5.69 Å². The third-order valence-corrected chi connectivity index (χ3v) is 2.54. The number of halogens is 1. The average molecular weight is 253 g/mol. The Morgan fingerprint density at radius 3 is 2.86 bits per heavy atom. The molecule has 5 heteroatoms. The second-order valence-electron chi connectivity index (χ2n) is 2.76. The van der Waals surface area contributed by atoms with Crippen molar-refractivity contribution in [1.82, 2.24) is 4.98 Å². The van der Waals surface area contributed by atoms with Crippen LogP contribution in [0.5, 0.6) is 0 Å². The number of fused-ring (bicyclic) bond motifs is 1. The molecule has 4 nitrogen and oxygen atoms in total. The number of nitro benzene ring substituents is 1. The van der Waals surface area contributed by atoms with Crippen LogP contribution in [0.25, 0.3) is 10.8 Å². The maximum atomic E-state index is 10.5. The predicted octanol–water partition coefficient (Wildman–Crippen LogP) is 2.91. The molecule has 0 radical (unpaired) electrons. The zero-order valence-electron chi connectivity index (χ0n) is 6.98. The number of hydrogen-bond donors (Lipinski definition) is 0. The number of nitro groups is 1. The standard InChI is InChI=1S/C9H5BrN2O2/c10-9-8-2-1-7(12(13)14)5-6(8)3-4-11-9/h1-5H. The number of nitrogens with zero attached hydrogens (tertiary/aromatic N) is 2. The highest BCUT2D eigenvalue weighted by molar-refractivity contribution is 9.10. The molecule has 2 aromatic rings. The first-order chi connectivity index (χ1) is 6.68. The Labute approximate surface area is 87.9 Å². The minimum absolute atomic E-state index is 0.0931. The molecule has 0 amide bonds. The van der Waals surface area contributed by atoms with Crippen molar-refractivity contribution in [2.75, 3.05) is 0 Å². The van der Waals surface area contributed by atoms with E-state index in [0.29, 0.717) is 4.60 Å². The molecule has 0 N–H and O–H groups in total. The van der Waals surface area contributed by atoms with E-state index in [2.05, 4.69) is 20.9 Å². The van der Waals surface area contributed by atoms with E-state index < -0.39 is 4.92 Å². The van der Waals surface area contributed by atoms with Crippen molar-refractivity contribution in [2.45, 2.75) is 0 Å². The summed E-state index contributed by atoms with van der Waals surface area (Å²) in [4.78, 5) is 14.1. The van der Waals surface area contributed by atoms with Crippen molar-refractivity contribution in [3.63, 3.8) is 0 Å². The van der Waals surface area contributed by atoms with Gasteiger partial charge in [-0.3, -0.25) is 10.1 Å². The maximum absolute atomic E-state index is 10.5. The summed E-state index contributed by atoms with van der Waals surface area (Å²) in [6.45, 7) is 0. The molecule has 0 saturated carbocycles. The Bertz CT molecular complexity index is 513. The van der Waals surface area contributed by atoms with Gasteiger partial charge < -0.3 is 0 Å². The van der Waals surface area contributed by atoms with Crippen molar-refractivity contribution in [3.8, 4) is 0 Å². The van der Waals surface area contributed by atoms with Crippen molar-refractivity contribution in [2.24, 2.45) is 0 Å². The lowest BCUT2D eigenvalue weighted by Crippen LogP contribution is -1.87. The number of non-ortho nitro benzene ring substituents is 1. The second-order valence-corrected chi connectivity index (χ2v) is 3.52. The van der Waals surface area contributed by atoms with Gasteiger partial charge >= 0.3 is 0 Å². The van der Waals surface area contributed by atoms with E-state index in [1.165, 1.54) is 12.1 Å². The molecule has 0 fully saturated rings. The number of aromatic nitrogens is 1. The highest BCUT2D eigenvalue weighted by atomic mass is 79.9. The Balaban J connectivity index is 2.73. The molecule has 0 aliphatic rings. The number of benzene rings is 1. The quantitative estimate of drug-likeness (QED) is 0.446. The zero-order valence-corrected chi connectivity index (χ0v) is 8.56. The van der Waals surface area contributed by atoms with E-state index in [9.17, 15) is 10.1 Å². The molecule has 0 saturated heterocycles. The Morgan fingerprint density at radius 1 is 1.36 bits per heavy atom. The summed E-state index contributed by atoms with van der Waals surface area (Å²) < 4.78 is 0.699. The molecule has 1 aromatic carbocycles. The van der Waals surface area contributed by atoms with Crippen molar-refractivity contribution >= 4 is 32.4 Å². The van der Waals surface area contributed by atoms with Gasteiger partial charge in [0.1, 0.15) is 4.60 Å². The van der Waals surface area contributed by atoms with Crippen LogP contribution in [0, 0.1) is 10.1 Å². The second kappa shape index (κ2) is 3.34. The summed E-state index contributed by atoms with van der Waals surface area (Å²) in [5.74, 6) is 0. The van der Waals surface area contributed by atoms with Gasteiger partial charge in [-0.15, -0.1) is 0 Å². The summed E-state index contributed by atoms with van der Waals surface area (Å²) in [6, 6.07) is 6.42. The molecule has 2 rings (SSSR count). The molecule has 0 aliphatic carbocycles. The summed E-state index contributed by atoms with van der Waals surface area (Å²) in [6.07, 6.45) is 1.61. The van der Waals surface area contributed by atoms with Gasteiger partial charge in [-0.2, -0.15) is 0 Å². The largest absolute Gasteiger partial charge is 0.270 e. The Kier molecular flexibility index (Phi) is 2.17. The molecule has 0 bridgehead atoms. The molecule has 70 valence electrons. The molecule has 0 unspecified atom stereocenters. The van der Waals surface area contributed by atoms with Gasteiger partial charge in [0.05, 0.1) is 4.92 Å². The highest BCUT2D eigenvalue weighted by Crippen LogP contribution is 2.25. The zero-order chi connectivity index (χ0) is 10.1. The van der Waals surface area contributed by atoms with Crippen LogP contribution in [0.3, 0.4) is 0 Å². The lowest BCUT2D eigenvalue weighted by Gasteiger charge is -1.98. The van der Waals surface area contributed by atoms with Gasteiger partial charge in [-0.05, 0) is 33.4 Å². The third kappa shape index (κ3) is 1.46. The lowest BCUT2D eigenvalue weighted by atomic mass is 10.1. The summed E-state index contributed by atoms with van der Waals surface area (Å²) in [5, 5.41) is 12.2. The molecular weight excluding hydrogens is 248 g/mol. The van der Waals surface area contributed by atoms with Gasteiger partial charge in [0.15, 0.2) is 0 Å². The van der Waals surface area contributed by atoms with E-state index in [1.807, 2.05) is 0 Å². The van der Waals surface area contributed by atoms with Crippen LogP contribution in [0.15, 0.2) is 35.1 Å². The van der Waals surface area contributed by atoms with Crippen molar-refractivity contribution in [1.29, 1.82) is 0 Å². The van der Waals surface area contributed by atoms with Gasteiger partial charge in [0.2, 0.25) is 0 Å². The molecular formula is C9H5BrN2O2. The average Bonchev–Trinajstić information content (AvgIpc) is 2.17. The molecule has 14 heavy (non-hydrogen) atoms. The fourth-order valence-electron chi connectivity index (χ4n) is 1.24. The fraction of sp³-hybridized carbons (Fsp3) is 0. The van der Waals surface area contributed by atoms with Crippen LogP contribution in [0.4, 0.5) is 5.69 Å². The molecule has 0 spiro atoms. The van der Waals surface area contributed by atoms with Crippen LogP contribution in [0.2, 0.25) is 0 Å². The molecule has 1 aromatic heterocycles. The molecule has 0 atom stereocenters. The minimum atomic E-state index is -0.409. The van der Waals surface area contributed by atoms with Gasteiger partial charge in [0.25, 0.3) is 5.69 Å². The smallest absolute Gasteiger partial charge is 0.258 e. The van der Waals surface area contributed by atoms with E-state index in [0.717, 1.165) is 10.8 Å². The number of hydrogen-bond acceptors (Lipinski definition) is 3. The van der Waals surface area contributed by atoms with Gasteiger partial charge in [-0.25, -0.2) is 4.98 Å². The fourth-order valence-corrected chi connectivity index (χ4v) is 1.72. The first-order valence-electron chi connectivity index (χ1n) is 3.87. The lowest BCUT2D eigenvalue weighted by molar-refractivity contribution is -0.384. The van der Waals surface area contributed by atoms with Crippen LogP contribution >= 0.6 is 15.9 Å². The van der Waals surface area contributed by atoms with Crippen molar-refractivity contribution in [3.05, 3.63) is 45.2 Å². The minimum Gasteiger partial charge on any atom is -0.258 e. The van der Waals surface area contributed by atoms with Crippen LogP contribution in [0.1, 0.15) is 0 Å². The molecule has 0 aliphatic heterocycles. The normalized spacial score (nSPS) is 10.4. The van der Waals surface area contributed by atoms with Crippen LogP contribution in [-0.4, -0.2) is 9.91 Å². The van der Waals surface area contributed by atoms with Crippen LogP contribution in [-0.2, 0) is 0 Å². The predicted molar refractivity (Wildman–Crippen MR) is 56.1 cm³/mol.